The first-order chi connectivity index (χ1) is 15.1. The van der Waals surface area contributed by atoms with Crippen LogP contribution >= 0.6 is 0 Å². The number of carbonyl (C=O) groups is 1. The molecule has 0 spiro atoms. The van der Waals surface area contributed by atoms with Crippen molar-refractivity contribution in [2.24, 2.45) is 40.4 Å². The highest BCUT2D eigenvalue weighted by molar-refractivity contribution is 5.66. The fourth-order valence-corrected chi connectivity index (χ4v) is 8.78. The second-order valence-electron chi connectivity index (χ2n) is 11.7. The SMILES string of the molecule is CC(=O)O[C@H]1C[C@H](O)[C@]2(C)[C@H]3CC[C@]4(C)[C@@H](C(C)C5OCCO5)CC[C@H]4[C@@H]3C=C[C@@]2(O)C1. The number of hydrogen-bond donors (Lipinski definition) is 2. The molecule has 5 rings (SSSR count). The molecule has 5 aliphatic rings. The van der Waals surface area contributed by atoms with E-state index in [0.717, 1.165) is 12.8 Å². The van der Waals surface area contributed by atoms with Crippen LogP contribution in [0.25, 0.3) is 0 Å². The lowest BCUT2D eigenvalue weighted by molar-refractivity contribution is -0.223. The molecule has 10 atom stereocenters. The van der Waals surface area contributed by atoms with Gasteiger partial charge in [-0.2, -0.15) is 0 Å². The smallest absolute Gasteiger partial charge is 0.302 e. The topological polar surface area (TPSA) is 85.2 Å². The molecule has 0 aromatic rings. The number of fused-ring (bicyclic) bond motifs is 5. The molecule has 1 saturated heterocycles. The number of aliphatic hydroxyl groups excluding tert-OH is 1. The van der Waals surface area contributed by atoms with E-state index in [2.05, 4.69) is 26.8 Å². The van der Waals surface area contributed by atoms with Crippen LogP contribution in [0.5, 0.6) is 0 Å². The number of rotatable bonds is 3. The van der Waals surface area contributed by atoms with Crippen molar-refractivity contribution in [1.29, 1.82) is 0 Å². The van der Waals surface area contributed by atoms with Gasteiger partial charge in [0, 0.05) is 31.1 Å². The summed E-state index contributed by atoms with van der Waals surface area (Å²) in [5, 5.41) is 23.1. The van der Waals surface area contributed by atoms with Crippen LogP contribution in [0.2, 0.25) is 0 Å². The molecule has 1 heterocycles. The lowest BCUT2D eigenvalue weighted by Crippen LogP contribution is -2.66. The first kappa shape index (κ1) is 22.8. The molecule has 2 N–H and O–H groups in total. The summed E-state index contributed by atoms with van der Waals surface area (Å²) in [5.74, 6) is 1.67. The average Bonchev–Trinajstić information content (AvgIpc) is 3.36. The predicted octanol–water partition coefficient (Wildman–Crippen LogP) is 3.45. The van der Waals surface area contributed by atoms with Gasteiger partial charge in [-0.25, -0.2) is 0 Å². The summed E-state index contributed by atoms with van der Waals surface area (Å²) in [6, 6.07) is 0. The highest BCUT2D eigenvalue weighted by Crippen LogP contribution is 2.67. The van der Waals surface area contributed by atoms with Crippen LogP contribution in [0.1, 0.15) is 66.2 Å². The molecule has 6 heteroatoms. The van der Waals surface area contributed by atoms with Gasteiger partial charge < -0.3 is 24.4 Å². The van der Waals surface area contributed by atoms with Crippen LogP contribution in [0.3, 0.4) is 0 Å². The summed E-state index contributed by atoms with van der Waals surface area (Å²) >= 11 is 0. The number of aliphatic hydroxyl groups is 2. The molecule has 0 bridgehead atoms. The second kappa shape index (κ2) is 7.79. The van der Waals surface area contributed by atoms with Crippen molar-refractivity contribution in [3.05, 3.63) is 12.2 Å². The minimum atomic E-state index is -1.16. The van der Waals surface area contributed by atoms with E-state index < -0.39 is 23.2 Å². The number of carbonyl (C=O) groups excluding carboxylic acids is 1. The Labute approximate surface area is 191 Å². The fraction of sp³-hybridized carbons (Fsp3) is 0.885. The van der Waals surface area contributed by atoms with Crippen molar-refractivity contribution in [2.45, 2.75) is 90.3 Å². The number of ether oxygens (including phenoxy) is 3. The number of esters is 1. The van der Waals surface area contributed by atoms with E-state index in [9.17, 15) is 15.0 Å². The Morgan fingerprint density at radius 1 is 1.16 bits per heavy atom. The number of allylic oxidation sites excluding steroid dienone is 1. The van der Waals surface area contributed by atoms with E-state index in [1.807, 2.05) is 6.08 Å². The van der Waals surface area contributed by atoms with Crippen LogP contribution in [0, 0.1) is 40.4 Å². The van der Waals surface area contributed by atoms with Crippen molar-refractivity contribution >= 4 is 5.97 Å². The first-order valence-electron chi connectivity index (χ1n) is 12.6. The zero-order valence-electron chi connectivity index (χ0n) is 20.0. The third-order valence-electron chi connectivity index (χ3n) is 10.5. The van der Waals surface area contributed by atoms with Crippen molar-refractivity contribution < 1.29 is 29.2 Å². The molecule has 180 valence electrons. The lowest BCUT2D eigenvalue weighted by Gasteiger charge is -2.63. The molecule has 32 heavy (non-hydrogen) atoms. The lowest BCUT2D eigenvalue weighted by atomic mass is 9.44. The van der Waals surface area contributed by atoms with Gasteiger partial charge in [0.25, 0.3) is 0 Å². The Kier molecular flexibility index (Phi) is 5.56. The normalized spacial score (nSPS) is 51.6. The van der Waals surface area contributed by atoms with Crippen molar-refractivity contribution in [2.75, 3.05) is 13.2 Å². The Balaban J connectivity index is 1.42. The highest BCUT2D eigenvalue weighted by Gasteiger charge is 2.66. The van der Waals surface area contributed by atoms with Gasteiger partial charge in [0.15, 0.2) is 6.29 Å². The van der Waals surface area contributed by atoms with Crippen LogP contribution < -0.4 is 0 Å². The van der Waals surface area contributed by atoms with Crippen LogP contribution in [0.15, 0.2) is 12.2 Å². The van der Waals surface area contributed by atoms with E-state index >= 15 is 0 Å². The Morgan fingerprint density at radius 3 is 2.56 bits per heavy atom. The Morgan fingerprint density at radius 2 is 1.88 bits per heavy atom. The summed E-state index contributed by atoms with van der Waals surface area (Å²) < 4.78 is 17.2. The van der Waals surface area contributed by atoms with Gasteiger partial charge in [-0.05, 0) is 54.8 Å². The Bertz CT molecular complexity index is 776. The van der Waals surface area contributed by atoms with E-state index in [4.69, 9.17) is 14.2 Å². The first-order valence-corrected chi connectivity index (χ1v) is 12.6. The van der Waals surface area contributed by atoms with E-state index in [1.54, 1.807) is 0 Å². The summed E-state index contributed by atoms with van der Waals surface area (Å²) in [7, 11) is 0. The molecule has 0 amide bonds. The molecule has 0 radical (unpaired) electrons. The third-order valence-corrected chi connectivity index (χ3v) is 10.5. The minimum absolute atomic E-state index is 0.0869. The van der Waals surface area contributed by atoms with Gasteiger partial charge in [0.2, 0.25) is 0 Å². The summed E-state index contributed by atoms with van der Waals surface area (Å²) in [4.78, 5) is 11.5. The quantitative estimate of drug-likeness (QED) is 0.508. The molecule has 4 fully saturated rings. The molecular formula is C26H40O6. The molecular weight excluding hydrogens is 408 g/mol. The molecule has 0 aromatic heterocycles. The largest absolute Gasteiger partial charge is 0.462 e. The van der Waals surface area contributed by atoms with Crippen LogP contribution in [0.4, 0.5) is 0 Å². The standard InChI is InChI=1S/C26H40O6/c1-15(23-30-11-12-31-23)19-5-6-20-18-7-10-26(29)14-17(32-16(2)27)13-22(28)25(26,4)21(18)8-9-24(19,20)3/h7,10,15,17-23,28-29H,5-6,8-9,11-14H2,1-4H3/t15?,17-,18-,19+,20-,21-,22-,24+,25-,26+/m0/s1. The molecule has 1 unspecified atom stereocenters. The van der Waals surface area contributed by atoms with Crippen molar-refractivity contribution in [1.82, 2.24) is 0 Å². The van der Waals surface area contributed by atoms with Gasteiger partial charge in [0.05, 0.1) is 24.9 Å². The molecule has 1 aliphatic heterocycles. The zero-order valence-corrected chi connectivity index (χ0v) is 20.0. The maximum absolute atomic E-state index is 11.8. The molecule has 0 aromatic carbocycles. The van der Waals surface area contributed by atoms with Crippen LogP contribution in [-0.2, 0) is 19.0 Å². The zero-order chi connectivity index (χ0) is 22.9. The van der Waals surface area contributed by atoms with Gasteiger partial charge in [-0.3, -0.25) is 4.79 Å². The molecule has 3 saturated carbocycles. The maximum Gasteiger partial charge on any atom is 0.302 e. The molecule has 4 aliphatic carbocycles. The van der Waals surface area contributed by atoms with Gasteiger partial charge in [0.1, 0.15) is 6.10 Å². The fourth-order valence-electron chi connectivity index (χ4n) is 8.78. The van der Waals surface area contributed by atoms with Crippen molar-refractivity contribution in [3.8, 4) is 0 Å². The maximum atomic E-state index is 11.8. The monoisotopic (exact) mass is 448 g/mol. The number of hydrogen-bond acceptors (Lipinski definition) is 6. The van der Waals surface area contributed by atoms with Gasteiger partial charge in [-0.15, -0.1) is 0 Å². The Hall–Kier alpha value is -0.950. The van der Waals surface area contributed by atoms with Gasteiger partial charge in [-0.1, -0.05) is 32.9 Å². The average molecular weight is 449 g/mol. The van der Waals surface area contributed by atoms with Crippen LogP contribution in [-0.4, -0.2) is 53.5 Å². The van der Waals surface area contributed by atoms with E-state index in [0.29, 0.717) is 49.7 Å². The summed E-state index contributed by atoms with van der Waals surface area (Å²) in [6.45, 7) is 9.59. The predicted molar refractivity (Wildman–Crippen MR) is 118 cm³/mol. The summed E-state index contributed by atoms with van der Waals surface area (Å²) in [5.41, 5.74) is -1.58. The van der Waals surface area contributed by atoms with Crippen molar-refractivity contribution in [3.63, 3.8) is 0 Å². The van der Waals surface area contributed by atoms with Gasteiger partial charge >= 0.3 is 5.97 Å². The second-order valence-corrected chi connectivity index (χ2v) is 11.7. The third kappa shape index (κ3) is 3.16. The molecule has 6 nitrogen and oxygen atoms in total. The van der Waals surface area contributed by atoms with E-state index in [-0.39, 0.29) is 23.6 Å². The minimum Gasteiger partial charge on any atom is -0.462 e. The summed E-state index contributed by atoms with van der Waals surface area (Å²) in [6.07, 6.45) is 8.15. The van der Waals surface area contributed by atoms with E-state index in [1.165, 1.54) is 19.8 Å². The highest BCUT2D eigenvalue weighted by atomic mass is 16.7.